The van der Waals surface area contributed by atoms with Crippen molar-refractivity contribution >= 4 is 29.5 Å². The molecule has 0 bridgehead atoms. The molecular formula is C15H13NO3S. The van der Waals surface area contributed by atoms with Crippen LogP contribution < -0.4 is 4.74 Å². The van der Waals surface area contributed by atoms with Crippen LogP contribution in [0.4, 0.5) is 0 Å². The van der Waals surface area contributed by atoms with Crippen molar-refractivity contribution in [2.24, 2.45) is 0 Å². The lowest BCUT2D eigenvalue weighted by molar-refractivity contribution is 0.0702. The van der Waals surface area contributed by atoms with E-state index in [9.17, 15) is 4.79 Å². The summed E-state index contributed by atoms with van der Waals surface area (Å²) in [6.45, 7) is 0. The normalized spacial score (nSPS) is 11.2. The minimum Gasteiger partial charge on any atom is -0.496 e. The Labute approximate surface area is 120 Å². The maximum Gasteiger partial charge on any atom is 0.347 e. The number of rotatable bonds is 5. The van der Waals surface area contributed by atoms with Crippen LogP contribution in [-0.4, -0.2) is 23.2 Å². The predicted octanol–water partition coefficient (Wildman–Crippen LogP) is 3.58. The number of methoxy groups -OCH3 is 1. The Hall–Kier alpha value is -2.40. The Balaban J connectivity index is 2.05. The highest BCUT2D eigenvalue weighted by molar-refractivity contribution is 7.14. The molecule has 4 nitrogen and oxygen atoms in total. The average Bonchev–Trinajstić information content (AvgIpc) is 2.93. The van der Waals surface area contributed by atoms with Crippen molar-refractivity contribution in [1.29, 1.82) is 0 Å². The highest BCUT2D eigenvalue weighted by Crippen LogP contribution is 2.19. The van der Waals surface area contributed by atoms with Gasteiger partial charge in [0.25, 0.3) is 0 Å². The number of aromatic nitrogens is 1. The molecule has 2 aromatic rings. The zero-order valence-electron chi connectivity index (χ0n) is 10.8. The first-order valence-electron chi connectivity index (χ1n) is 5.87. The van der Waals surface area contributed by atoms with Gasteiger partial charge in [-0.15, -0.1) is 11.3 Å². The summed E-state index contributed by atoms with van der Waals surface area (Å²) in [4.78, 5) is 15.0. The van der Waals surface area contributed by atoms with Crippen LogP contribution in [0.25, 0.3) is 12.2 Å². The van der Waals surface area contributed by atoms with Crippen molar-refractivity contribution in [3.05, 3.63) is 58.1 Å². The molecule has 0 spiro atoms. The van der Waals surface area contributed by atoms with Crippen molar-refractivity contribution in [1.82, 2.24) is 4.98 Å². The number of nitrogens with zero attached hydrogens (tertiary/aromatic N) is 1. The molecule has 0 unspecified atom stereocenters. The van der Waals surface area contributed by atoms with E-state index in [1.807, 2.05) is 42.5 Å². The summed E-state index contributed by atoms with van der Waals surface area (Å²) in [7, 11) is 1.63. The van der Waals surface area contributed by atoms with E-state index >= 15 is 0 Å². The van der Waals surface area contributed by atoms with Gasteiger partial charge in [-0.2, -0.15) is 0 Å². The molecule has 0 atom stereocenters. The summed E-state index contributed by atoms with van der Waals surface area (Å²) < 4.78 is 5.24. The Kier molecular flexibility index (Phi) is 4.68. The van der Waals surface area contributed by atoms with Crippen LogP contribution in [0.1, 0.15) is 20.2 Å². The number of benzene rings is 1. The SMILES string of the molecule is COc1ccccc1/C=C/C=C/c1ncc(C(=O)O)s1. The van der Waals surface area contributed by atoms with Gasteiger partial charge in [0.1, 0.15) is 15.6 Å². The van der Waals surface area contributed by atoms with Gasteiger partial charge in [0.2, 0.25) is 0 Å². The van der Waals surface area contributed by atoms with Crippen molar-refractivity contribution in [3.8, 4) is 5.75 Å². The Morgan fingerprint density at radius 3 is 2.75 bits per heavy atom. The quantitative estimate of drug-likeness (QED) is 0.854. The molecule has 0 fully saturated rings. The van der Waals surface area contributed by atoms with Crippen LogP contribution in [0.5, 0.6) is 5.75 Å². The lowest BCUT2D eigenvalue weighted by atomic mass is 10.2. The van der Waals surface area contributed by atoms with E-state index in [1.165, 1.54) is 6.20 Å². The minimum atomic E-state index is -0.952. The van der Waals surface area contributed by atoms with E-state index < -0.39 is 5.97 Å². The van der Waals surface area contributed by atoms with Crippen LogP contribution in [0.3, 0.4) is 0 Å². The van der Waals surface area contributed by atoms with Crippen LogP contribution >= 0.6 is 11.3 Å². The van der Waals surface area contributed by atoms with Crippen molar-refractivity contribution in [2.75, 3.05) is 7.11 Å². The molecule has 102 valence electrons. The Bertz CT molecular complexity index is 659. The molecule has 0 saturated carbocycles. The van der Waals surface area contributed by atoms with E-state index in [4.69, 9.17) is 9.84 Å². The number of thiazole rings is 1. The number of ether oxygens (including phenoxy) is 1. The zero-order valence-corrected chi connectivity index (χ0v) is 11.6. The molecular weight excluding hydrogens is 274 g/mol. The van der Waals surface area contributed by atoms with Gasteiger partial charge in [-0.1, -0.05) is 36.4 Å². The number of carboxylic acid groups (broad SMARTS) is 1. The van der Waals surface area contributed by atoms with Gasteiger partial charge in [-0.05, 0) is 12.1 Å². The number of aromatic carboxylic acids is 1. The van der Waals surface area contributed by atoms with Gasteiger partial charge in [-0.25, -0.2) is 9.78 Å². The van der Waals surface area contributed by atoms with Crippen LogP contribution in [0, 0.1) is 0 Å². The Morgan fingerprint density at radius 2 is 2.05 bits per heavy atom. The minimum absolute atomic E-state index is 0.235. The maximum atomic E-state index is 10.7. The first-order chi connectivity index (χ1) is 9.70. The van der Waals surface area contributed by atoms with Crippen LogP contribution in [0.2, 0.25) is 0 Å². The van der Waals surface area contributed by atoms with Crippen molar-refractivity contribution < 1.29 is 14.6 Å². The predicted molar refractivity (Wildman–Crippen MR) is 80.1 cm³/mol. The van der Waals surface area contributed by atoms with E-state index in [0.29, 0.717) is 5.01 Å². The second-order valence-electron chi connectivity index (χ2n) is 3.83. The van der Waals surface area contributed by atoms with Gasteiger partial charge < -0.3 is 9.84 Å². The van der Waals surface area contributed by atoms with E-state index in [2.05, 4.69) is 4.98 Å². The van der Waals surface area contributed by atoms with Crippen LogP contribution in [0.15, 0.2) is 42.6 Å². The molecule has 1 heterocycles. The molecule has 0 aliphatic heterocycles. The second kappa shape index (κ2) is 6.68. The molecule has 0 aliphatic rings. The topological polar surface area (TPSA) is 59.4 Å². The highest BCUT2D eigenvalue weighted by Gasteiger charge is 2.05. The molecule has 0 amide bonds. The van der Waals surface area contributed by atoms with Crippen LogP contribution in [-0.2, 0) is 0 Å². The van der Waals surface area contributed by atoms with Gasteiger partial charge in [0.15, 0.2) is 0 Å². The summed E-state index contributed by atoms with van der Waals surface area (Å²) in [6, 6.07) is 7.69. The molecule has 0 radical (unpaired) electrons. The molecule has 2 rings (SSSR count). The number of para-hydroxylation sites is 1. The summed E-state index contributed by atoms with van der Waals surface area (Å²) in [6.07, 6.45) is 8.72. The monoisotopic (exact) mass is 287 g/mol. The fourth-order valence-electron chi connectivity index (χ4n) is 1.56. The lowest BCUT2D eigenvalue weighted by Gasteiger charge is -2.02. The molecule has 5 heteroatoms. The summed E-state index contributed by atoms with van der Waals surface area (Å²) >= 11 is 1.14. The highest BCUT2D eigenvalue weighted by atomic mass is 32.1. The third-order valence-electron chi connectivity index (χ3n) is 2.50. The van der Waals surface area contributed by atoms with Gasteiger partial charge in [-0.3, -0.25) is 0 Å². The second-order valence-corrected chi connectivity index (χ2v) is 4.89. The number of hydrogen-bond acceptors (Lipinski definition) is 4. The third-order valence-corrected chi connectivity index (χ3v) is 3.45. The zero-order chi connectivity index (χ0) is 14.4. The lowest BCUT2D eigenvalue weighted by Crippen LogP contribution is -1.89. The molecule has 1 aromatic heterocycles. The Morgan fingerprint density at radius 1 is 1.30 bits per heavy atom. The summed E-state index contributed by atoms with van der Waals surface area (Å²) in [5.41, 5.74) is 0.977. The maximum absolute atomic E-state index is 10.7. The summed E-state index contributed by atoms with van der Waals surface area (Å²) in [5, 5.41) is 9.45. The molecule has 1 aromatic carbocycles. The molecule has 0 saturated heterocycles. The number of carbonyl (C=O) groups is 1. The first-order valence-corrected chi connectivity index (χ1v) is 6.69. The molecule has 20 heavy (non-hydrogen) atoms. The van der Waals surface area contributed by atoms with E-state index in [0.717, 1.165) is 22.6 Å². The number of allylic oxidation sites excluding steroid dienone is 2. The van der Waals surface area contributed by atoms with E-state index in [-0.39, 0.29) is 4.88 Å². The average molecular weight is 287 g/mol. The fraction of sp³-hybridized carbons (Fsp3) is 0.0667. The molecule has 1 N–H and O–H groups in total. The van der Waals surface area contributed by atoms with Crippen molar-refractivity contribution in [2.45, 2.75) is 0 Å². The first kappa shape index (κ1) is 14.0. The third kappa shape index (κ3) is 3.55. The smallest absolute Gasteiger partial charge is 0.347 e. The van der Waals surface area contributed by atoms with Gasteiger partial charge >= 0.3 is 5.97 Å². The molecule has 0 aliphatic carbocycles. The van der Waals surface area contributed by atoms with E-state index in [1.54, 1.807) is 13.2 Å². The standard InChI is InChI=1S/C15H13NO3S/c1-19-12-8-4-2-6-11(12)7-3-5-9-14-16-10-13(20-14)15(17)18/h2-10H,1H3,(H,17,18)/b7-3+,9-5+. The fourth-order valence-corrected chi connectivity index (χ4v) is 2.23. The van der Waals surface area contributed by atoms with Crippen molar-refractivity contribution in [3.63, 3.8) is 0 Å². The largest absolute Gasteiger partial charge is 0.496 e. The number of hydrogen-bond donors (Lipinski definition) is 1. The number of carboxylic acids is 1. The van der Waals surface area contributed by atoms with Gasteiger partial charge in [0, 0.05) is 5.56 Å². The van der Waals surface area contributed by atoms with Gasteiger partial charge in [0.05, 0.1) is 13.3 Å². The summed E-state index contributed by atoms with van der Waals surface area (Å²) in [5.74, 6) is -0.147.